The Bertz CT molecular complexity index is 531. The van der Waals surface area contributed by atoms with Gasteiger partial charge in [0.2, 0.25) is 0 Å². The van der Waals surface area contributed by atoms with Gasteiger partial charge in [-0.2, -0.15) is 0 Å². The number of fused-ring (bicyclic) bond motifs is 1. The zero-order chi connectivity index (χ0) is 14.3. The fourth-order valence-electron chi connectivity index (χ4n) is 3.41. The quantitative estimate of drug-likeness (QED) is 0.786. The van der Waals surface area contributed by atoms with E-state index in [1.165, 1.54) is 18.9 Å². The van der Waals surface area contributed by atoms with Gasteiger partial charge in [0.15, 0.2) is 0 Å². The van der Waals surface area contributed by atoms with Gasteiger partial charge in [-0.05, 0) is 57.0 Å². The number of carbonyl (C=O) groups excluding carboxylic acids is 1. The van der Waals surface area contributed by atoms with Crippen LogP contribution in [-0.4, -0.2) is 47.4 Å². The molecular weight excluding hydrogens is 255 g/mol. The van der Waals surface area contributed by atoms with Crippen molar-refractivity contribution in [2.45, 2.75) is 38.8 Å². The van der Waals surface area contributed by atoms with Gasteiger partial charge >= 0.3 is 0 Å². The molecular formula is C16H21FN2O. The van der Waals surface area contributed by atoms with E-state index >= 15 is 0 Å². The number of rotatable bonds is 1. The third-order valence-corrected chi connectivity index (χ3v) is 4.60. The number of hydrogen-bond acceptors (Lipinski definition) is 2. The Labute approximate surface area is 119 Å². The van der Waals surface area contributed by atoms with E-state index in [1.807, 2.05) is 4.90 Å². The molecule has 2 atom stereocenters. The van der Waals surface area contributed by atoms with E-state index in [0.29, 0.717) is 17.2 Å². The molecule has 20 heavy (non-hydrogen) atoms. The molecule has 0 aromatic heterocycles. The van der Waals surface area contributed by atoms with Crippen LogP contribution in [0.5, 0.6) is 0 Å². The molecule has 0 spiro atoms. The van der Waals surface area contributed by atoms with Crippen molar-refractivity contribution >= 4 is 5.91 Å². The molecule has 2 unspecified atom stereocenters. The lowest BCUT2D eigenvalue weighted by atomic mass is 10.0. The Balaban J connectivity index is 1.80. The first-order valence-electron chi connectivity index (χ1n) is 7.37. The monoisotopic (exact) mass is 276 g/mol. The van der Waals surface area contributed by atoms with E-state index in [9.17, 15) is 9.18 Å². The number of hydrogen-bond donors (Lipinski definition) is 0. The Kier molecular flexibility index (Phi) is 3.50. The normalized spacial score (nSPS) is 26.6. The Morgan fingerprint density at radius 3 is 2.90 bits per heavy atom. The van der Waals surface area contributed by atoms with E-state index < -0.39 is 0 Å². The van der Waals surface area contributed by atoms with E-state index in [-0.39, 0.29) is 17.8 Å². The summed E-state index contributed by atoms with van der Waals surface area (Å²) >= 11 is 0. The van der Waals surface area contributed by atoms with E-state index in [1.54, 1.807) is 19.1 Å². The van der Waals surface area contributed by atoms with Crippen molar-refractivity contribution in [1.29, 1.82) is 0 Å². The zero-order valence-electron chi connectivity index (χ0n) is 12.1. The maximum Gasteiger partial charge on any atom is 0.254 e. The molecule has 3 nitrogen and oxygen atoms in total. The number of aryl methyl sites for hydroxylation is 1. The predicted molar refractivity (Wildman–Crippen MR) is 76.2 cm³/mol. The molecule has 108 valence electrons. The summed E-state index contributed by atoms with van der Waals surface area (Å²) in [6, 6.07) is 5.38. The molecule has 2 saturated heterocycles. The fourth-order valence-corrected chi connectivity index (χ4v) is 3.41. The van der Waals surface area contributed by atoms with Gasteiger partial charge in [-0.15, -0.1) is 0 Å². The Hall–Kier alpha value is -1.42. The average molecular weight is 276 g/mol. The molecule has 2 aliphatic heterocycles. The third-order valence-electron chi connectivity index (χ3n) is 4.60. The van der Waals surface area contributed by atoms with Gasteiger partial charge in [0.05, 0.1) is 0 Å². The summed E-state index contributed by atoms with van der Waals surface area (Å²) in [5.74, 6) is -0.220. The van der Waals surface area contributed by atoms with Crippen LogP contribution in [0.1, 0.15) is 35.7 Å². The molecule has 1 aromatic carbocycles. The molecule has 0 saturated carbocycles. The third kappa shape index (κ3) is 2.33. The molecule has 0 bridgehead atoms. The number of amides is 1. The number of benzene rings is 1. The number of halogens is 1. The highest BCUT2D eigenvalue weighted by Gasteiger charge is 2.36. The highest BCUT2D eigenvalue weighted by Crippen LogP contribution is 2.26. The van der Waals surface area contributed by atoms with Gasteiger partial charge in [0.25, 0.3) is 5.91 Å². The largest absolute Gasteiger partial charge is 0.333 e. The highest BCUT2D eigenvalue weighted by atomic mass is 19.1. The first-order chi connectivity index (χ1) is 9.56. The van der Waals surface area contributed by atoms with Crippen molar-refractivity contribution in [1.82, 2.24) is 9.80 Å². The molecule has 2 aliphatic rings. The Morgan fingerprint density at radius 2 is 2.15 bits per heavy atom. The molecule has 2 fully saturated rings. The van der Waals surface area contributed by atoms with E-state index in [0.717, 1.165) is 19.6 Å². The van der Waals surface area contributed by atoms with Gasteiger partial charge in [-0.3, -0.25) is 9.69 Å². The summed E-state index contributed by atoms with van der Waals surface area (Å²) in [6.45, 7) is 6.72. The molecule has 2 heterocycles. The lowest BCUT2D eigenvalue weighted by Gasteiger charge is -2.42. The second-order valence-corrected chi connectivity index (χ2v) is 6.06. The van der Waals surface area contributed by atoms with Crippen molar-refractivity contribution in [2.75, 3.05) is 19.6 Å². The van der Waals surface area contributed by atoms with Crippen LogP contribution in [0, 0.1) is 12.7 Å². The van der Waals surface area contributed by atoms with Crippen molar-refractivity contribution in [3.05, 3.63) is 35.1 Å². The summed E-state index contributed by atoms with van der Waals surface area (Å²) in [4.78, 5) is 17.1. The lowest BCUT2D eigenvalue weighted by molar-refractivity contribution is 0.0395. The molecule has 4 heteroatoms. The zero-order valence-corrected chi connectivity index (χ0v) is 12.1. The fraction of sp³-hybridized carbons (Fsp3) is 0.562. The van der Waals surface area contributed by atoms with Crippen LogP contribution in [0.15, 0.2) is 18.2 Å². The summed E-state index contributed by atoms with van der Waals surface area (Å²) < 4.78 is 13.3. The average Bonchev–Trinajstić information content (AvgIpc) is 2.87. The SMILES string of the molecule is Cc1cc(C(=O)N2CC3CCCN3CC2C)ccc1F. The van der Waals surface area contributed by atoms with Crippen LogP contribution in [-0.2, 0) is 0 Å². The van der Waals surface area contributed by atoms with E-state index in [2.05, 4.69) is 11.8 Å². The minimum atomic E-state index is -0.254. The molecule has 3 rings (SSSR count). The first kappa shape index (κ1) is 13.6. The number of piperazine rings is 1. The lowest BCUT2D eigenvalue weighted by Crippen LogP contribution is -2.56. The summed E-state index contributed by atoms with van der Waals surface area (Å²) in [6.07, 6.45) is 2.41. The van der Waals surface area contributed by atoms with Gasteiger partial charge in [-0.25, -0.2) is 4.39 Å². The topological polar surface area (TPSA) is 23.6 Å². The molecule has 0 N–H and O–H groups in total. The van der Waals surface area contributed by atoms with Crippen molar-refractivity contribution in [3.63, 3.8) is 0 Å². The summed E-state index contributed by atoms with van der Waals surface area (Å²) in [7, 11) is 0. The first-order valence-corrected chi connectivity index (χ1v) is 7.37. The number of carbonyl (C=O) groups is 1. The molecule has 0 aliphatic carbocycles. The van der Waals surface area contributed by atoms with Crippen molar-refractivity contribution in [2.24, 2.45) is 0 Å². The summed E-state index contributed by atoms with van der Waals surface area (Å²) in [5.41, 5.74) is 1.13. The van der Waals surface area contributed by atoms with Gasteiger partial charge in [0, 0.05) is 30.7 Å². The van der Waals surface area contributed by atoms with Crippen LogP contribution in [0.3, 0.4) is 0 Å². The van der Waals surface area contributed by atoms with E-state index in [4.69, 9.17) is 0 Å². The van der Waals surface area contributed by atoms with Crippen LogP contribution >= 0.6 is 0 Å². The second kappa shape index (κ2) is 5.17. The minimum absolute atomic E-state index is 0.0344. The smallest absolute Gasteiger partial charge is 0.254 e. The van der Waals surface area contributed by atoms with Gasteiger partial charge < -0.3 is 4.90 Å². The molecule has 1 aromatic rings. The maximum atomic E-state index is 13.3. The van der Waals surface area contributed by atoms with Crippen LogP contribution in [0.25, 0.3) is 0 Å². The minimum Gasteiger partial charge on any atom is -0.333 e. The number of nitrogens with zero attached hydrogens (tertiary/aromatic N) is 2. The molecule has 0 radical (unpaired) electrons. The van der Waals surface area contributed by atoms with Crippen LogP contribution in [0.2, 0.25) is 0 Å². The highest BCUT2D eigenvalue weighted by molar-refractivity contribution is 5.94. The second-order valence-electron chi connectivity index (χ2n) is 6.06. The van der Waals surface area contributed by atoms with Crippen molar-refractivity contribution < 1.29 is 9.18 Å². The Morgan fingerprint density at radius 1 is 1.35 bits per heavy atom. The van der Waals surface area contributed by atoms with Crippen LogP contribution in [0.4, 0.5) is 4.39 Å². The van der Waals surface area contributed by atoms with Crippen LogP contribution < -0.4 is 0 Å². The molecule has 1 amide bonds. The van der Waals surface area contributed by atoms with Gasteiger partial charge in [0.1, 0.15) is 5.82 Å². The standard InChI is InChI=1S/C16H21FN2O/c1-11-8-13(5-6-15(11)17)16(20)19-10-14-4-3-7-18(14)9-12(19)2/h5-6,8,12,14H,3-4,7,9-10H2,1-2H3. The van der Waals surface area contributed by atoms with Gasteiger partial charge in [-0.1, -0.05) is 0 Å². The maximum absolute atomic E-state index is 13.3. The summed E-state index contributed by atoms with van der Waals surface area (Å²) in [5, 5.41) is 0. The predicted octanol–water partition coefficient (Wildman–Crippen LogP) is 2.44. The van der Waals surface area contributed by atoms with Crippen molar-refractivity contribution in [3.8, 4) is 0 Å².